The molecule has 0 atom stereocenters. The normalized spacial score (nSPS) is 10.8. The van der Waals surface area contributed by atoms with Crippen molar-refractivity contribution in [2.45, 2.75) is 6.42 Å². The summed E-state index contributed by atoms with van der Waals surface area (Å²) in [5.74, 6) is 0.453. The Morgan fingerprint density at radius 3 is 2.96 bits per heavy atom. The Morgan fingerprint density at radius 2 is 2.15 bits per heavy atom. The summed E-state index contributed by atoms with van der Waals surface area (Å²) in [4.78, 5) is 15.6. The molecule has 26 heavy (non-hydrogen) atoms. The highest BCUT2D eigenvalue weighted by atomic mass is 16.5. The lowest BCUT2D eigenvalue weighted by molar-refractivity contribution is -0.115. The van der Waals surface area contributed by atoms with Gasteiger partial charge in [0.1, 0.15) is 17.8 Å². The molecule has 0 aliphatic carbocycles. The molecule has 8 heteroatoms. The quantitative estimate of drug-likeness (QED) is 0.577. The van der Waals surface area contributed by atoms with Gasteiger partial charge in [0.2, 0.25) is 5.91 Å². The summed E-state index contributed by atoms with van der Waals surface area (Å²) in [7, 11) is 1.56. The third-order valence-electron chi connectivity index (χ3n) is 4.09. The maximum atomic E-state index is 12.4. The molecule has 2 heterocycles. The molecule has 0 unspecified atom stereocenters. The number of benzene rings is 2. The summed E-state index contributed by atoms with van der Waals surface area (Å²) in [5.41, 5.74) is 3.30. The average Bonchev–Trinajstić information content (AvgIpc) is 3.32. The second kappa shape index (κ2) is 6.67. The van der Waals surface area contributed by atoms with Crippen molar-refractivity contribution in [3.05, 3.63) is 60.6 Å². The SMILES string of the molecule is COc1cc(NC(=O)Cc2c[nH]c3ccccc23)ccc1-n1cnnn1. The lowest BCUT2D eigenvalue weighted by Gasteiger charge is -2.11. The van der Waals surface area contributed by atoms with E-state index >= 15 is 0 Å². The number of nitrogens with one attached hydrogen (secondary N) is 2. The number of fused-ring (bicyclic) bond motifs is 1. The van der Waals surface area contributed by atoms with Crippen LogP contribution in [-0.2, 0) is 11.2 Å². The Kier molecular flexibility index (Phi) is 4.06. The van der Waals surface area contributed by atoms with Crippen molar-refractivity contribution in [1.29, 1.82) is 0 Å². The third-order valence-corrected chi connectivity index (χ3v) is 4.09. The molecule has 4 rings (SSSR count). The average molecular weight is 348 g/mol. The fourth-order valence-corrected chi connectivity index (χ4v) is 2.87. The van der Waals surface area contributed by atoms with Crippen LogP contribution in [0.4, 0.5) is 5.69 Å². The maximum absolute atomic E-state index is 12.4. The van der Waals surface area contributed by atoms with E-state index in [2.05, 4.69) is 25.8 Å². The topological polar surface area (TPSA) is 97.7 Å². The first-order chi connectivity index (χ1) is 12.7. The molecule has 1 amide bonds. The minimum atomic E-state index is -0.105. The summed E-state index contributed by atoms with van der Waals surface area (Å²) in [5, 5.41) is 15.0. The summed E-state index contributed by atoms with van der Waals surface area (Å²) >= 11 is 0. The van der Waals surface area contributed by atoms with Gasteiger partial charge in [0.15, 0.2) is 0 Å². The number of aromatic amines is 1. The highest BCUT2D eigenvalue weighted by Gasteiger charge is 2.12. The number of rotatable bonds is 5. The largest absolute Gasteiger partial charge is 0.494 e. The molecule has 2 aromatic heterocycles. The molecular weight excluding hydrogens is 332 g/mol. The molecule has 0 saturated heterocycles. The van der Waals surface area contributed by atoms with Gasteiger partial charge in [-0.25, -0.2) is 0 Å². The molecule has 2 aromatic carbocycles. The van der Waals surface area contributed by atoms with Crippen molar-refractivity contribution in [3.8, 4) is 11.4 Å². The molecule has 0 fully saturated rings. The lowest BCUT2D eigenvalue weighted by Crippen LogP contribution is -2.14. The number of aromatic nitrogens is 5. The molecule has 2 N–H and O–H groups in total. The van der Waals surface area contributed by atoms with E-state index in [1.807, 2.05) is 30.5 Å². The number of methoxy groups -OCH3 is 1. The van der Waals surface area contributed by atoms with E-state index in [0.29, 0.717) is 17.1 Å². The fraction of sp³-hybridized carbons (Fsp3) is 0.111. The first-order valence-corrected chi connectivity index (χ1v) is 8.01. The van der Waals surface area contributed by atoms with Crippen molar-refractivity contribution in [3.63, 3.8) is 0 Å². The van der Waals surface area contributed by atoms with Crippen molar-refractivity contribution < 1.29 is 9.53 Å². The van der Waals surface area contributed by atoms with E-state index in [0.717, 1.165) is 16.5 Å². The van der Waals surface area contributed by atoms with Crippen molar-refractivity contribution >= 4 is 22.5 Å². The first kappa shape index (κ1) is 15.8. The zero-order chi connectivity index (χ0) is 17.9. The van der Waals surface area contributed by atoms with Gasteiger partial charge in [0.05, 0.1) is 13.5 Å². The van der Waals surface area contributed by atoms with Crippen LogP contribution in [-0.4, -0.2) is 38.2 Å². The van der Waals surface area contributed by atoms with Gasteiger partial charge >= 0.3 is 0 Å². The zero-order valence-corrected chi connectivity index (χ0v) is 14.0. The van der Waals surface area contributed by atoms with E-state index in [-0.39, 0.29) is 12.3 Å². The number of tetrazole rings is 1. The minimum absolute atomic E-state index is 0.105. The van der Waals surface area contributed by atoms with E-state index in [9.17, 15) is 4.79 Å². The van der Waals surface area contributed by atoms with Crippen LogP contribution in [0.2, 0.25) is 0 Å². The highest BCUT2D eigenvalue weighted by molar-refractivity contribution is 5.96. The van der Waals surface area contributed by atoms with E-state index in [1.165, 1.54) is 11.0 Å². The van der Waals surface area contributed by atoms with Crippen LogP contribution in [0.5, 0.6) is 5.75 Å². The van der Waals surface area contributed by atoms with Gasteiger partial charge in [-0.1, -0.05) is 18.2 Å². The monoisotopic (exact) mass is 348 g/mol. The number of hydrogen-bond acceptors (Lipinski definition) is 5. The molecule has 0 aliphatic rings. The summed E-state index contributed by atoms with van der Waals surface area (Å²) in [6.07, 6.45) is 3.62. The van der Waals surface area contributed by atoms with Crippen LogP contribution < -0.4 is 10.1 Å². The zero-order valence-electron chi connectivity index (χ0n) is 14.0. The predicted octanol–water partition coefficient (Wildman–Crippen LogP) is 2.33. The summed E-state index contributed by atoms with van der Waals surface area (Å²) in [6, 6.07) is 13.2. The van der Waals surface area contributed by atoms with Crippen molar-refractivity contribution in [2.24, 2.45) is 0 Å². The number of ether oxygens (including phenoxy) is 1. The van der Waals surface area contributed by atoms with Crippen LogP contribution in [0.25, 0.3) is 16.6 Å². The minimum Gasteiger partial charge on any atom is -0.494 e. The van der Waals surface area contributed by atoms with Gasteiger partial charge in [0, 0.05) is 28.9 Å². The smallest absolute Gasteiger partial charge is 0.228 e. The van der Waals surface area contributed by atoms with Crippen LogP contribution in [0, 0.1) is 0 Å². The number of carbonyl (C=O) groups is 1. The fourth-order valence-electron chi connectivity index (χ4n) is 2.87. The second-order valence-corrected chi connectivity index (χ2v) is 5.73. The number of amides is 1. The molecular formula is C18H16N6O2. The molecule has 8 nitrogen and oxygen atoms in total. The van der Waals surface area contributed by atoms with E-state index in [1.54, 1.807) is 25.3 Å². The first-order valence-electron chi connectivity index (χ1n) is 8.01. The molecule has 0 spiro atoms. The number of nitrogens with zero attached hydrogens (tertiary/aromatic N) is 4. The number of carbonyl (C=O) groups excluding carboxylic acids is 1. The predicted molar refractivity (Wildman–Crippen MR) is 96.3 cm³/mol. The molecule has 0 aliphatic heterocycles. The van der Waals surface area contributed by atoms with E-state index in [4.69, 9.17) is 4.74 Å². The van der Waals surface area contributed by atoms with Crippen LogP contribution in [0.3, 0.4) is 0 Å². The second-order valence-electron chi connectivity index (χ2n) is 5.73. The van der Waals surface area contributed by atoms with Gasteiger partial charge in [-0.05, 0) is 34.2 Å². The van der Waals surface area contributed by atoms with Crippen LogP contribution in [0.1, 0.15) is 5.56 Å². The van der Waals surface area contributed by atoms with Gasteiger partial charge < -0.3 is 15.0 Å². The molecule has 4 aromatic rings. The number of H-pyrrole nitrogens is 1. The number of hydrogen-bond donors (Lipinski definition) is 2. The molecule has 0 radical (unpaired) electrons. The van der Waals surface area contributed by atoms with Crippen molar-refractivity contribution in [1.82, 2.24) is 25.2 Å². The van der Waals surface area contributed by atoms with E-state index < -0.39 is 0 Å². The number of para-hydroxylation sites is 1. The van der Waals surface area contributed by atoms with Crippen LogP contribution >= 0.6 is 0 Å². The van der Waals surface area contributed by atoms with Gasteiger partial charge in [0.25, 0.3) is 0 Å². The van der Waals surface area contributed by atoms with Gasteiger partial charge in [-0.3, -0.25) is 4.79 Å². The van der Waals surface area contributed by atoms with Gasteiger partial charge in [-0.15, -0.1) is 5.10 Å². The standard InChI is InChI=1S/C18H16N6O2/c1-26-17-9-13(6-7-16(17)24-11-20-22-23-24)21-18(25)8-12-10-19-15-5-3-2-4-14(12)15/h2-7,9-11,19H,8H2,1H3,(H,21,25). The molecule has 130 valence electrons. The third kappa shape index (κ3) is 3.00. The summed E-state index contributed by atoms with van der Waals surface area (Å²) in [6.45, 7) is 0. The number of anilines is 1. The Balaban J connectivity index is 1.52. The molecule has 0 saturated carbocycles. The molecule has 0 bridgehead atoms. The maximum Gasteiger partial charge on any atom is 0.228 e. The highest BCUT2D eigenvalue weighted by Crippen LogP contribution is 2.26. The van der Waals surface area contributed by atoms with Crippen LogP contribution in [0.15, 0.2) is 55.0 Å². The Bertz CT molecular complexity index is 1050. The summed E-state index contributed by atoms with van der Waals surface area (Å²) < 4.78 is 6.88. The lowest BCUT2D eigenvalue weighted by atomic mass is 10.1. The van der Waals surface area contributed by atoms with Crippen molar-refractivity contribution in [2.75, 3.05) is 12.4 Å². The van der Waals surface area contributed by atoms with Gasteiger partial charge in [-0.2, -0.15) is 4.68 Å². The Labute approximate surface area is 148 Å². The Hall–Kier alpha value is -3.68. The Morgan fingerprint density at radius 1 is 1.27 bits per heavy atom.